The summed E-state index contributed by atoms with van der Waals surface area (Å²) < 4.78 is 5.53. The molecule has 1 aromatic carbocycles. The number of hydrogen-bond acceptors (Lipinski definition) is 2. The normalized spacial score (nSPS) is 20.7. The van der Waals surface area contributed by atoms with E-state index < -0.39 is 0 Å². The van der Waals surface area contributed by atoms with Crippen LogP contribution in [0, 0.1) is 0 Å². The Labute approximate surface area is 95.2 Å². The molecule has 0 saturated heterocycles. The smallest absolute Gasteiger partial charge is 0.163 e. The second-order valence-corrected chi connectivity index (χ2v) is 3.85. The lowest BCUT2D eigenvalue weighted by atomic mass is 10.1. The zero-order chi connectivity index (χ0) is 11.4. The van der Waals surface area contributed by atoms with E-state index in [1.165, 1.54) is 0 Å². The third-order valence-corrected chi connectivity index (χ3v) is 2.41. The molecule has 1 aliphatic heterocycles. The molecule has 82 valence electrons. The fraction of sp³-hybridized carbons (Fsp3) is 0.214. The third kappa shape index (κ3) is 2.83. The molecule has 1 aromatic rings. The number of ketones is 1. The fourth-order valence-electron chi connectivity index (χ4n) is 1.69. The summed E-state index contributed by atoms with van der Waals surface area (Å²) in [5.74, 6) is 0.824. The van der Waals surface area contributed by atoms with Crippen molar-refractivity contribution >= 4 is 11.9 Å². The summed E-state index contributed by atoms with van der Waals surface area (Å²) in [4.78, 5) is 11.3. The van der Waals surface area contributed by atoms with Crippen LogP contribution in [0.3, 0.4) is 0 Å². The Kier molecular flexibility index (Phi) is 3.20. The maximum atomic E-state index is 11.3. The van der Waals surface area contributed by atoms with Crippen molar-refractivity contribution in [3.8, 4) is 0 Å². The van der Waals surface area contributed by atoms with Crippen LogP contribution in [-0.4, -0.2) is 11.9 Å². The van der Waals surface area contributed by atoms with E-state index in [1.54, 1.807) is 13.0 Å². The second kappa shape index (κ2) is 4.79. The van der Waals surface area contributed by atoms with Gasteiger partial charge in [0.05, 0.1) is 12.2 Å². The van der Waals surface area contributed by atoms with Crippen molar-refractivity contribution in [3.05, 3.63) is 53.8 Å². The van der Waals surface area contributed by atoms with Crippen LogP contribution in [-0.2, 0) is 9.53 Å². The maximum Gasteiger partial charge on any atom is 0.163 e. The number of ether oxygens (including phenoxy) is 1. The molecule has 2 nitrogen and oxygen atoms in total. The molecule has 0 aliphatic carbocycles. The highest BCUT2D eigenvalue weighted by atomic mass is 16.5. The van der Waals surface area contributed by atoms with Crippen LogP contribution in [0.5, 0.6) is 0 Å². The predicted octanol–water partition coefficient (Wildman–Crippen LogP) is 2.96. The molecular formula is C14H14O2. The summed E-state index contributed by atoms with van der Waals surface area (Å²) in [7, 11) is 0. The molecule has 0 aromatic heterocycles. The van der Waals surface area contributed by atoms with E-state index in [2.05, 4.69) is 0 Å². The number of carbonyl (C=O) groups is 1. The number of carbonyl (C=O) groups excluding carboxylic acids is 1. The van der Waals surface area contributed by atoms with Gasteiger partial charge in [-0.3, -0.25) is 4.79 Å². The van der Waals surface area contributed by atoms with Crippen molar-refractivity contribution in [2.45, 2.75) is 19.4 Å². The van der Waals surface area contributed by atoms with Crippen LogP contribution >= 0.6 is 0 Å². The molecule has 0 radical (unpaired) electrons. The molecule has 2 rings (SSSR count). The lowest BCUT2D eigenvalue weighted by Crippen LogP contribution is -2.18. The first-order chi connectivity index (χ1) is 7.74. The molecular weight excluding hydrogens is 200 g/mol. The molecule has 1 atom stereocenters. The third-order valence-electron chi connectivity index (χ3n) is 2.41. The zero-order valence-electron chi connectivity index (χ0n) is 9.22. The van der Waals surface area contributed by atoms with Gasteiger partial charge < -0.3 is 4.74 Å². The SMILES string of the molecule is CC1=CC(=O)CC(/C=C/c2ccccc2)O1. The number of hydrogen-bond donors (Lipinski definition) is 0. The molecule has 0 saturated carbocycles. The van der Waals surface area contributed by atoms with E-state index in [-0.39, 0.29) is 11.9 Å². The van der Waals surface area contributed by atoms with Gasteiger partial charge in [0, 0.05) is 6.08 Å². The minimum Gasteiger partial charge on any atom is -0.490 e. The lowest BCUT2D eigenvalue weighted by Gasteiger charge is -2.19. The van der Waals surface area contributed by atoms with Gasteiger partial charge in [0.1, 0.15) is 6.10 Å². The van der Waals surface area contributed by atoms with Crippen LogP contribution in [0.25, 0.3) is 6.08 Å². The van der Waals surface area contributed by atoms with Crippen molar-refractivity contribution in [3.63, 3.8) is 0 Å². The minimum atomic E-state index is -0.127. The zero-order valence-corrected chi connectivity index (χ0v) is 9.22. The highest BCUT2D eigenvalue weighted by molar-refractivity contribution is 5.91. The molecule has 2 heteroatoms. The Morgan fingerprint density at radius 1 is 1.31 bits per heavy atom. The highest BCUT2D eigenvalue weighted by Gasteiger charge is 2.16. The average Bonchev–Trinajstić information content (AvgIpc) is 2.27. The first-order valence-corrected chi connectivity index (χ1v) is 5.35. The molecule has 1 heterocycles. The minimum absolute atomic E-state index is 0.127. The quantitative estimate of drug-likeness (QED) is 0.756. The summed E-state index contributed by atoms with van der Waals surface area (Å²) in [6.45, 7) is 1.81. The summed E-state index contributed by atoms with van der Waals surface area (Å²) >= 11 is 0. The molecule has 1 aliphatic rings. The van der Waals surface area contributed by atoms with E-state index in [9.17, 15) is 4.79 Å². The largest absolute Gasteiger partial charge is 0.490 e. The van der Waals surface area contributed by atoms with Gasteiger partial charge in [-0.25, -0.2) is 0 Å². The van der Waals surface area contributed by atoms with Crippen molar-refractivity contribution in [1.82, 2.24) is 0 Å². The Morgan fingerprint density at radius 2 is 2.06 bits per heavy atom. The topological polar surface area (TPSA) is 26.3 Å². The van der Waals surface area contributed by atoms with E-state index in [0.717, 1.165) is 5.56 Å². The summed E-state index contributed by atoms with van der Waals surface area (Å²) in [6.07, 6.45) is 5.77. The van der Waals surface area contributed by atoms with Gasteiger partial charge in [0.2, 0.25) is 0 Å². The Bertz CT molecular complexity index is 429. The first-order valence-electron chi connectivity index (χ1n) is 5.35. The molecule has 0 spiro atoms. The van der Waals surface area contributed by atoms with E-state index in [1.807, 2.05) is 42.5 Å². The van der Waals surface area contributed by atoms with Crippen molar-refractivity contribution in [2.24, 2.45) is 0 Å². The van der Waals surface area contributed by atoms with Crippen LogP contribution in [0.1, 0.15) is 18.9 Å². The van der Waals surface area contributed by atoms with Crippen LogP contribution in [0.2, 0.25) is 0 Å². The average molecular weight is 214 g/mol. The standard InChI is InChI=1S/C14H14O2/c1-11-9-13(15)10-14(16-11)8-7-12-5-3-2-4-6-12/h2-9,14H,10H2,1H3/b8-7+. The Hall–Kier alpha value is -1.83. The fourth-order valence-corrected chi connectivity index (χ4v) is 1.69. The summed E-state index contributed by atoms with van der Waals surface area (Å²) in [6, 6.07) is 9.98. The van der Waals surface area contributed by atoms with Crippen LogP contribution in [0.4, 0.5) is 0 Å². The van der Waals surface area contributed by atoms with Crippen LogP contribution < -0.4 is 0 Å². The van der Waals surface area contributed by atoms with Gasteiger partial charge in [0.15, 0.2) is 5.78 Å². The number of allylic oxidation sites excluding steroid dienone is 2. The monoisotopic (exact) mass is 214 g/mol. The molecule has 16 heavy (non-hydrogen) atoms. The lowest BCUT2D eigenvalue weighted by molar-refractivity contribution is -0.117. The number of rotatable bonds is 2. The van der Waals surface area contributed by atoms with Crippen molar-refractivity contribution < 1.29 is 9.53 Å². The summed E-state index contributed by atoms with van der Waals surface area (Å²) in [5.41, 5.74) is 1.12. The highest BCUT2D eigenvalue weighted by Crippen LogP contribution is 2.16. The number of benzene rings is 1. The predicted molar refractivity (Wildman–Crippen MR) is 63.7 cm³/mol. The van der Waals surface area contributed by atoms with Gasteiger partial charge in [-0.1, -0.05) is 36.4 Å². The first kappa shape index (κ1) is 10.7. The van der Waals surface area contributed by atoms with Gasteiger partial charge >= 0.3 is 0 Å². The van der Waals surface area contributed by atoms with E-state index in [0.29, 0.717) is 12.2 Å². The molecule has 0 fully saturated rings. The van der Waals surface area contributed by atoms with Crippen LogP contribution in [0.15, 0.2) is 48.2 Å². The second-order valence-electron chi connectivity index (χ2n) is 3.85. The molecule has 0 amide bonds. The molecule has 0 bridgehead atoms. The van der Waals surface area contributed by atoms with E-state index >= 15 is 0 Å². The van der Waals surface area contributed by atoms with Gasteiger partial charge in [-0.15, -0.1) is 0 Å². The van der Waals surface area contributed by atoms with Crippen molar-refractivity contribution in [1.29, 1.82) is 0 Å². The van der Waals surface area contributed by atoms with Gasteiger partial charge in [-0.2, -0.15) is 0 Å². The Morgan fingerprint density at radius 3 is 2.75 bits per heavy atom. The molecule has 0 N–H and O–H groups in total. The maximum absolute atomic E-state index is 11.3. The molecule has 1 unspecified atom stereocenters. The van der Waals surface area contributed by atoms with Gasteiger partial charge in [-0.05, 0) is 18.6 Å². The Balaban J connectivity index is 2.03. The van der Waals surface area contributed by atoms with E-state index in [4.69, 9.17) is 4.74 Å². The summed E-state index contributed by atoms with van der Waals surface area (Å²) in [5, 5.41) is 0. The van der Waals surface area contributed by atoms with Gasteiger partial charge in [0.25, 0.3) is 0 Å². The van der Waals surface area contributed by atoms with Crippen molar-refractivity contribution in [2.75, 3.05) is 0 Å².